The van der Waals surface area contributed by atoms with Crippen molar-refractivity contribution < 1.29 is 83.2 Å². The van der Waals surface area contributed by atoms with Gasteiger partial charge in [-0.05, 0) is 65.7 Å². The van der Waals surface area contributed by atoms with Crippen LogP contribution in [0.4, 0.5) is 5.69 Å². The zero-order valence-electron chi connectivity index (χ0n) is 40.5. The predicted molar refractivity (Wildman–Crippen MR) is 255 cm³/mol. The van der Waals surface area contributed by atoms with Crippen molar-refractivity contribution in [3.63, 3.8) is 0 Å². The number of Topliss-reactive ketones (excluding diaryl/α,β-unsaturated/α-hetero) is 1. The Morgan fingerprint density at radius 1 is 0.750 bits per heavy atom. The van der Waals surface area contributed by atoms with Crippen molar-refractivity contribution in [1.82, 2.24) is 0 Å². The van der Waals surface area contributed by atoms with E-state index in [1.807, 2.05) is 6.92 Å². The molecule has 3 aromatic carbocycles. The van der Waals surface area contributed by atoms with E-state index in [0.29, 0.717) is 29.7 Å². The topological polar surface area (TPSA) is 286 Å². The number of phenolic OH excluding ortho intramolecular Hbond substituents is 2. The third-order valence-corrected chi connectivity index (χ3v) is 15.9. The zero-order valence-corrected chi connectivity index (χ0v) is 40.5. The molecule has 1 aromatic heterocycles. The molecule has 0 bridgehead atoms. The lowest BCUT2D eigenvalue weighted by molar-refractivity contribution is -0.306. The van der Waals surface area contributed by atoms with Crippen LogP contribution >= 0.6 is 0 Å². The van der Waals surface area contributed by atoms with Crippen molar-refractivity contribution in [3.8, 4) is 11.5 Å². The molecule has 19 nitrogen and oxygen atoms in total. The number of aliphatic hydroxyl groups excluding tert-OH is 4. The van der Waals surface area contributed by atoms with E-state index in [0.717, 1.165) is 0 Å². The quantitative estimate of drug-likeness (QED) is 0.123. The van der Waals surface area contributed by atoms with Crippen LogP contribution < -0.4 is 10.8 Å². The maximum absolute atomic E-state index is 15.0. The van der Waals surface area contributed by atoms with E-state index >= 15 is 9.59 Å². The van der Waals surface area contributed by atoms with Crippen LogP contribution in [0, 0.1) is 0 Å². The second-order valence-electron chi connectivity index (χ2n) is 21.1. The van der Waals surface area contributed by atoms with Gasteiger partial charge in [0.15, 0.2) is 30.3 Å². The fourth-order valence-corrected chi connectivity index (χ4v) is 12.2. The lowest BCUT2D eigenvalue weighted by atomic mass is 9.59. The van der Waals surface area contributed by atoms with E-state index in [9.17, 15) is 40.9 Å². The number of aliphatic imine (C=N–C) groups is 1. The number of rotatable bonds is 7. The number of hydrogen-bond acceptors (Lipinski definition) is 19. The Balaban J connectivity index is 1.03. The van der Waals surface area contributed by atoms with Gasteiger partial charge in [-0.1, -0.05) is 24.3 Å². The highest BCUT2D eigenvalue weighted by Gasteiger charge is 2.67. The van der Waals surface area contributed by atoms with E-state index < -0.39 is 139 Å². The molecule has 7 aliphatic rings. The van der Waals surface area contributed by atoms with Gasteiger partial charge in [-0.25, -0.2) is 4.79 Å². The molecular weight excluding hydrogens is 939 g/mol. The summed E-state index contributed by atoms with van der Waals surface area (Å²) in [4.78, 5) is 34.6. The fourth-order valence-electron chi connectivity index (χ4n) is 12.2. The number of hydrogen-bond donors (Lipinski definition) is 8. The highest BCUT2D eigenvalue weighted by atomic mass is 16.7. The molecule has 19 heteroatoms. The van der Waals surface area contributed by atoms with Gasteiger partial charge in [0.2, 0.25) is 0 Å². The lowest BCUT2D eigenvalue weighted by Gasteiger charge is -2.54. The van der Waals surface area contributed by atoms with Crippen LogP contribution in [0.15, 0.2) is 50.6 Å². The van der Waals surface area contributed by atoms with Crippen molar-refractivity contribution >= 4 is 51.1 Å². The summed E-state index contributed by atoms with van der Waals surface area (Å²) < 4.78 is 50.3. The minimum absolute atomic E-state index is 0.00308. The minimum Gasteiger partial charge on any atom is -0.507 e. The molecule has 17 atom stereocenters. The number of phenols is 2. The molecule has 11 rings (SSSR count). The van der Waals surface area contributed by atoms with Crippen LogP contribution in [-0.4, -0.2) is 144 Å². The fraction of sp³-hybridized carbons (Fsp3) is 0.566. The second kappa shape index (κ2) is 18.0. The number of aromatic hydroxyl groups is 2. The molecule has 386 valence electrons. The molecular formula is C53H61NO18. The molecule has 5 fully saturated rings. The van der Waals surface area contributed by atoms with Crippen molar-refractivity contribution in [1.29, 1.82) is 0 Å². The summed E-state index contributed by atoms with van der Waals surface area (Å²) in [6, 6.07) is 8.71. The van der Waals surface area contributed by atoms with Gasteiger partial charge in [0, 0.05) is 83.3 Å². The van der Waals surface area contributed by atoms with Crippen LogP contribution in [0.25, 0.3) is 33.4 Å². The van der Waals surface area contributed by atoms with Crippen LogP contribution in [0.5, 0.6) is 11.5 Å². The summed E-state index contributed by atoms with van der Waals surface area (Å²) in [5, 5.41) is 92.2. The highest BCUT2D eigenvalue weighted by Crippen LogP contribution is 2.59. The number of benzene rings is 3. The molecule has 0 amide bonds. The summed E-state index contributed by atoms with van der Waals surface area (Å²) in [6.07, 6.45) is -7.44. The largest absolute Gasteiger partial charge is 0.507 e. The number of carbonyl (C=O) groups is 1. The van der Waals surface area contributed by atoms with E-state index in [1.54, 1.807) is 51.1 Å². The average molecular weight is 1000 g/mol. The number of ketones is 1. The van der Waals surface area contributed by atoms with Gasteiger partial charge >= 0.3 is 5.63 Å². The zero-order chi connectivity index (χ0) is 50.9. The highest BCUT2D eigenvalue weighted by molar-refractivity contribution is 6.22. The summed E-state index contributed by atoms with van der Waals surface area (Å²) in [5.41, 5.74) is -6.35. The van der Waals surface area contributed by atoms with E-state index in [1.165, 1.54) is 25.3 Å². The Hall–Kier alpha value is -4.71. The monoisotopic (exact) mass is 999 g/mol. The van der Waals surface area contributed by atoms with E-state index in [-0.39, 0.29) is 69.3 Å². The number of nitrogens with zero attached hydrogens (tertiary/aromatic N) is 1. The molecule has 72 heavy (non-hydrogen) atoms. The molecule has 0 radical (unpaired) electrons. The Morgan fingerprint density at radius 3 is 2.21 bits per heavy atom. The van der Waals surface area contributed by atoms with Crippen molar-refractivity contribution in [2.45, 2.75) is 189 Å². The lowest BCUT2D eigenvalue weighted by Crippen LogP contribution is -2.67. The normalized spacial score (nSPS) is 40.6. The third kappa shape index (κ3) is 7.95. The Labute approximate surface area is 412 Å². The Kier molecular flexibility index (Phi) is 12.4. The van der Waals surface area contributed by atoms with Crippen LogP contribution in [-0.2, 0) is 43.6 Å². The van der Waals surface area contributed by atoms with Gasteiger partial charge in [0.25, 0.3) is 0 Å². The van der Waals surface area contributed by atoms with Gasteiger partial charge in [-0.2, -0.15) is 0 Å². The molecule has 8 N–H and O–H groups in total. The number of fused-ring (bicyclic) bond motifs is 5. The number of aliphatic hydroxyl groups is 6. The van der Waals surface area contributed by atoms with E-state index in [2.05, 4.69) is 4.99 Å². The first-order valence-corrected chi connectivity index (χ1v) is 24.9. The standard InChI is InChI=1S/C53H61NO18/c1-22-32(55)10-12-39(66-22)72-53-37(57)19-51(5,63)21-52(53,64)15-14-27-44(53)49-42-29(41(50(62)71-49)30-20-54-31-9-7-6-8-26(30)31)16-28(48(61)43(42)47(27)60)35-18-36(46(59)25(4)65-35)70-38-13-11-34(23(2)67-38)69-40-17-33(56)45(58)24(3)68-40/h6-9,14-16,20,22-25,32-36,38-40,45-46,55-56,58-61,63-64H,10-13,17-19,21H2,1-5H3. The van der Waals surface area contributed by atoms with Gasteiger partial charge < -0.3 is 78.4 Å². The van der Waals surface area contributed by atoms with Crippen LogP contribution in [0.3, 0.4) is 0 Å². The maximum Gasteiger partial charge on any atom is 0.344 e. The molecule has 4 aromatic rings. The van der Waals surface area contributed by atoms with Gasteiger partial charge in [0.1, 0.15) is 34.9 Å². The molecule has 2 aliphatic carbocycles. The second-order valence-corrected chi connectivity index (χ2v) is 21.1. The van der Waals surface area contributed by atoms with Gasteiger partial charge in [-0.3, -0.25) is 9.79 Å². The first kappa shape index (κ1) is 49.5. The molecule has 4 saturated heterocycles. The van der Waals surface area contributed by atoms with E-state index in [4.69, 9.17) is 37.6 Å². The number of carbonyl (C=O) groups excluding carboxylic acids is 1. The molecule has 0 spiro atoms. The van der Waals surface area contributed by atoms with Crippen LogP contribution in [0.1, 0.15) is 114 Å². The minimum atomic E-state index is -2.47. The summed E-state index contributed by atoms with van der Waals surface area (Å²) in [6.45, 7) is 8.19. The molecule has 17 unspecified atom stereocenters. The number of para-hydroxylation sites is 1. The summed E-state index contributed by atoms with van der Waals surface area (Å²) >= 11 is 0. The summed E-state index contributed by atoms with van der Waals surface area (Å²) in [5.74, 6) is -1.82. The molecule has 6 heterocycles. The summed E-state index contributed by atoms with van der Waals surface area (Å²) in [7, 11) is 0. The maximum atomic E-state index is 15.0. The van der Waals surface area contributed by atoms with Crippen molar-refractivity contribution in [2.24, 2.45) is 4.99 Å². The SMILES string of the molecule is CC1OC(OC23C(=O)CC(C)(O)CC2(O)C=Cc2c3c3oc(=O)c(=C4C=Nc5ccccc54)c4cc(C5CC(OC6CCC(OC7CC(O)C(O)C(C)O7)C(C)O6)C(O)C(C)O5)c(O)c(c2O)c34)CCC1O. The van der Waals surface area contributed by atoms with Crippen molar-refractivity contribution in [3.05, 3.63) is 74.3 Å². The predicted octanol–water partition coefficient (Wildman–Crippen LogP) is 3.32. The Bertz CT molecular complexity index is 2990. The first-order valence-electron chi connectivity index (χ1n) is 24.9. The van der Waals surface area contributed by atoms with Gasteiger partial charge in [-0.15, -0.1) is 0 Å². The molecule has 5 aliphatic heterocycles. The van der Waals surface area contributed by atoms with Crippen molar-refractivity contribution in [2.75, 3.05) is 0 Å². The van der Waals surface area contributed by atoms with Gasteiger partial charge in [0.05, 0.1) is 76.8 Å². The van der Waals surface area contributed by atoms with Crippen LogP contribution in [0.2, 0.25) is 0 Å². The Morgan fingerprint density at radius 2 is 1.46 bits per heavy atom. The smallest absolute Gasteiger partial charge is 0.344 e. The number of ether oxygens (including phenoxy) is 7. The average Bonchev–Trinajstić information content (AvgIpc) is 3.74. The molecule has 1 saturated carbocycles. The third-order valence-electron chi connectivity index (χ3n) is 15.9. The first-order chi connectivity index (χ1) is 34.2.